The summed E-state index contributed by atoms with van der Waals surface area (Å²) in [5.41, 5.74) is 3.47. The van der Waals surface area contributed by atoms with Crippen molar-refractivity contribution in [1.29, 1.82) is 0 Å². The van der Waals surface area contributed by atoms with Crippen LogP contribution in [-0.2, 0) is 19.1 Å². The Morgan fingerprint density at radius 1 is 1.13 bits per heavy atom. The quantitative estimate of drug-likeness (QED) is 0.709. The van der Waals surface area contributed by atoms with Gasteiger partial charge >= 0.3 is 5.97 Å². The minimum Gasteiger partial charge on any atom is -0.494 e. The van der Waals surface area contributed by atoms with E-state index in [4.69, 9.17) is 9.47 Å². The lowest BCUT2D eigenvalue weighted by Gasteiger charge is -2.19. The topological polar surface area (TPSA) is 84.9 Å². The summed E-state index contributed by atoms with van der Waals surface area (Å²) in [4.78, 5) is 38.5. The first-order valence-electron chi connectivity index (χ1n) is 9.94. The van der Waals surface area contributed by atoms with Crippen molar-refractivity contribution in [2.24, 2.45) is 5.92 Å². The van der Waals surface area contributed by atoms with Crippen LogP contribution in [0.4, 0.5) is 11.4 Å². The number of nitrogens with zero attached hydrogens (tertiary/aromatic N) is 1. The lowest BCUT2D eigenvalue weighted by Crippen LogP contribution is -2.28. The summed E-state index contributed by atoms with van der Waals surface area (Å²) < 4.78 is 10.5. The second kappa shape index (κ2) is 9.43. The van der Waals surface area contributed by atoms with Gasteiger partial charge in [-0.2, -0.15) is 0 Å². The van der Waals surface area contributed by atoms with Crippen molar-refractivity contribution in [1.82, 2.24) is 0 Å². The molecule has 0 bridgehead atoms. The fraction of sp³-hybridized carbons (Fsp3) is 0.348. The van der Waals surface area contributed by atoms with E-state index in [9.17, 15) is 14.4 Å². The zero-order chi connectivity index (χ0) is 21.7. The second-order valence-corrected chi connectivity index (χ2v) is 7.31. The SMILES string of the molecule is CCOc1ccc(NC(=O)COC(=O)[C@@H]2CC(=O)N(c3ccc(C)cc3C)C2)cc1. The molecule has 0 aliphatic carbocycles. The normalized spacial score (nSPS) is 15.8. The number of anilines is 2. The third-order valence-corrected chi connectivity index (χ3v) is 4.90. The van der Waals surface area contributed by atoms with Gasteiger partial charge in [-0.25, -0.2) is 0 Å². The predicted molar refractivity (Wildman–Crippen MR) is 114 cm³/mol. The standard InChI is InChI=1S/C23H26N2O5/c1-4-29-19-8-6-18(7-9-19)24-21(26)14-30-23(28)17-12-22(27)25(13-17)20-10-5-15(2)11-16(20)3/h5-11,17H,4,12-14H2,1-3H3,(H,24,26)/t17-/m1/s1. The third-order valence-electron chi connectivity index (χ3n) is 4.90. The number of esters is 1. The van der Waals surface area contributed by atoms with Gasteiger partial charge in [0.25, 0.3) is 5.91 Å². The van der Waals surface area contributed by atoms with E-state index in [1.165, 1.54) is 0 Å². The van der Waals surface area contributed by atoms with Gasteiger partial charge in [0.05, 0.1) is 12.5 Å². The lowest BCUT2D eigenvalue weighted by atomic mass is 10.1. The van der Waals surface area contributed by atoms with E-state index in [1.54, 1.807) is 29.2 Å². The highest BCUT2D eigenvalue weighted by molar-refractivity contribution is 6.00. The fourth-order valence-electron chi connectivity index (χ4n) is 3.46. The molecule has 2 aromatic carbocycles. The number of nitrogens with one attached hydrogen (secondary N) is 1. The molecule has 1 aliphatic heterocycles. The molecule has 1 saturated heterocycles. The van der Waals surface area contributed by atoms with Gasteiger partial charge in [0.1, 0.15) is 5.75 Å². The molecule has 0 spiro atoms. The van der Waals surface area contributed by atoms with Crippen LogP contribution >= 0.6 is 0 Å². The molecule has 1 aliphatic rings. The average Bonchev–Trinajstić information content (AvgIpc) is 3.09. The summed E-state index contributed by atoms with van der Waals surface area (Å²) in [7, 11) is 0. The zero-order valence-electron chi connectivity index (χ0n) is 17.4. The van der Waals surface area contributed by atoms with Gasteiger partial charge in [-0.3, -0.25) is 14.4 Å². The zero-order valence-corrected chi connectivity index (χ0v) is 17.4. The highest BCUT2D eigenvalue weighted by Gasteiger charge is 2.36. The monoisotopic (exact) mass is 410 g/mol. The van der Waals surface area contributed by atoms with E-state index >= 15 is 0 Å². The number of hydrogen-bond acceptors (Lipinski definition) is 5. The van der Waals surface area contributed by atoms with Gasteiger partial charge in [0.15, 0.2) is 6.61 Å². The Morgan fingerprint density at radius 2 is 1.87 bits per heavy atom. The molecular weight excluding hydrogens is 384 g/mol. The van der Waals surface area contributed by atoms with Crippen LogP contribution in [0.5, 0.6) is 5.75 Å². The van der Waals surface area contributed by atoms with E-state index in [2.05, 4.69) is 5.32 Å². The molecule has 0 aromatic heterocycles. The van der Waals surface area contributed by atoms with Gasteiger partial charge in [-0.1, -0.05) is 17.7 Å². The van der Waals surface area contributed by atoms with E-state index in [0.29, 0.717) is 18.0 Å². The largest absolute Gasteiger partial charge is 0.494 e. The van der Waals surface area contributed by atoms with Crippen LogP contribution in [0.3, 0.4) is 0 Å². The molecule has 158 valence electrons. The first-order valence-corrected chi connectivity index (χ1v) is 9.94. The van der Waals surface area contributed by atoms with Crippen LogP contribution in [0.2, 0.25) is 0 Å². The van der Waals surface area contributed by atoms with Crippen molar-refractivity contribution in [2.75, 3.05) is 30.0 Å². The van der Waals surface area contributed by atoms with Crippen molar-refractivity contribution in [3.63, 3.8) is 0 Å². The number of carbonyl (C=O) groups excluding carboxylic acids is 3. The molecule has 2 amide bonds. The van der Waals surface area contributed by atoms with Crippen molar-refractivity contribution in [2.45, 2.75) is 27.2 Å². The molecule has 1 atom stereocenters. The number of ether oxygens (including phenoxy) is 2. The lowest BCUT2D eigenvalue weighted by molar-refractivity contribution is -0.151. The molecule has 0 unspecified atom stereocenters. The summed E-state index contributed by atoms with van der Waals surface area (Å²) in [6, 6.07) is 12.7. The number of amides is 2. The average molecular weight is 410 g/mol. The van der Waals surface area contributed by atoms with E-state index in [1.807, 2.05) is 39.0 Å². The fourth-order valence-corrected chi connectivity index (χ4v) is 3.46. The van der Waals surface area contributed by atoms with E-state index < -0.39 is 24.4 Å². The smallest absolute Gasteiger partial charge is 0.311 e. The predicted octanol–water partition coefficient (Wildman–Crippen LogP) is 3.24. The minimum atomic E-state index is -0.587. The first-order chi connectivity index (χ1) is 14.4. The van der Waals surface area contributed by atoms with Crippen LogP contribution in [0.15, 0.2) is 42.5 Å². The van der Waals surface area contributed by atoms with Crippen LogP contribution in [0.25, 0.3) is 0 Å². The summed E-state index contributed by atoms with van der Waals surface area (Å²) in [6.45, 7) is 6.23. The number of carbonyl (C=O) groups is 3. The molecule has 30 heavy (non-hydrogen) atoms. The summed E-state index contributed by atoms with van der Waals surface area (Å²) >= 11 is 0. The van der Waals surface area contributed by atoms with E-state index in [0.717, 1.165) is 16.8 Å². The Bertz CT molecular complexity index is 939. The van der Waals surface area contributed by atoms with Crippen molar-refractivity contribution >= 4 is 29.2 Å². The summed E-state index contributed by atoms with van der Waals surface area (Å²) in [6.07, 6.45) is 0.0761. The highest BCUT2D eigenvalue weighted by atomic mass is 16.5. The first kappa shape index (κ1) is 21.4. The van der Waals surface area contributed by atoms with Crippen molar-refractivity contribution in [3.8, 4) is 5.75 Å². The Hall–Kier alpha value is -3.35. The molecular formula is C23H26N2O5. The molecule has 0 saturated carbocycles. The van der Waals surface area contributed by atoms with E-state index in [-0.39, 0.29) is 18.9 Å². The Morgan fingerprint density at radius 3 is 2.53 bits per heavy atom. The van der Waals surface area contributed by atoms with Gasteiger partial charge in [-0.15, -0.1) is 0 Å². The second-order valence-electron chi connectivity index (χ2n) is 7.31. The number of benzene rings is 2. The Labute approximate surface area is 176 Å². The number of hydrogen-bond donors (Lipinski definition) is 1. The summed E-state index contributed by atoms with van der Waals surface area (Å²) in [5, 5.41) is 2.66. The maximum Gasteiger partial charge on any atom is 0.311 e. The van der Waals surface area contributed by atoms with Gasteiger partial charge in [-0.05, 0) is 56.7 Å². The van der Waals surface area contributed by atoms with Gasteiger partial charge in [0, 0.05) is 24.3 Å². The number of rotatable bonds is 7. The molecule has 1 fully saturated rings. The van der Waals surface area contributed by atoms with Crippen molar-refractivity contribution < 1.29 is 23.9 Å². The summed E-state index contributed by atoms with van der Waals surface area (Å²) in [5.74, 6) is -0.985. The molecule has 2 aromatic rings. The van der Waals surface area contributed by atoms with Crippen LogP contribution < -0.4 is 15.0 Å². The molecule has 7 heteroatoms. The van der Waals surface area contributed by atoms with Crippen molar-refractivity contribution in [3.05, 3.63) is 53.6 Å². The minimum absolute atomic E-state index is 0.0761. The third kappa shape index (κ3) is 5.17. The molecule has 0 radical (unpaired) electrons. The number of aryl methyl sites for hydroxylation is 2. The Balaban J connectivity index is 1.51. The van der Waals surface area contributed by atoms with Crippen LogP contribution in [0, 0.1) is 19.8 Å². The Kier molecular flexibility index (Phi) is 6.72. The van der Waals surface area contributed by atoms with Crippen LogP contribution in [-0.4, -0.2) is 37.5 Å². The molecule has 7 nitrogen and oxygen atoms in total. The molecule has 3 rings (SSSR count). The van der Waals surface area contributed by atoms with Gasteiger partial charge in [0.2, 0.25) is 5.91 Å². The highest BCUT2D eigenvalue weighted by Crippen LogP contribution is 2.29. The maximum absolute atomic E-state index is 12.4. The maximum atomic E-state index is 12.4. The molecule has 1 N–H and O–H groups in total. The van der Waals surface area contributed by atoms with Gasteiger partial charge < -0.3 is 19.7 Å². The van der Waals surface area contributed by atoms with Crippen LogP contribution in [0.1, 0.15) is 24.5 Å². The molecule has 1 heterocycles.